The van der Waals surface area contributed by atoms with E-state index in [1.54, 1.807) is 6.26 Å². The van der Waals surface area contributed by atoms with Crippen molar-refractivity contribution >= 4 is 23.6 Å². The lowest BCUT2D eigenvalue weighted by atomic mass is 9.91. The number of nitrogens with zero attached hydrogens (tertiary/aromatic N) is 1. The molecule has 2 rings (SSSR count). The third kappa shape index (κ3) is 7.53. The highest BCUT2D eigenvalue weighted by Crippen LogP contribution is 2.37. The van der Waals surface area contributed by atoms with E-state index < -0.39 is 35.1 Å². The molecule has 1 saturated heterocycles. The predicted molar refractivity (Wildman–Crippen MR) is 118 cm³/mol. The van der Waals surface area contributed by atoms with E-state index in [-0.39, 0.29) is 18.0 Å². The number of nitrogens with one attached hydrogen (secondary N) is 2. The Morgan fingerprint density at radius 2 is 1.65 bits per heavy atom. The number of carbonyl (C=O) groups excluding carboxylic acids is 2. The molecule has 1 aromatic carbocycles. The maximum Gasteiger partial charge on any atom is 0.416 e. The van der Waals surface area contributed by atoms with E-state index in [2.05, 4.69) is 10.6 Å². The summed E-state index contributed by atoms with van der Waals surface area (Å²) in [6.07, 6.45) is -6.13. The van der Waals surface area contributed by atoms with Crippen molar-refractivity contribution in [2.45, 2.75) is 43.9 Å². The highest BCUT2D eigenvalue weighted by Gasteiger charge is 2.52. The Bertz CT molecular complexity index is 865. The topological polar surface area (TPSA) is 61.4 Å². The summed E-state index contributed by atoms with van der Waals surface area (Å²) in [5.41, 5.74) is -3.38. The molecule has 0 bridgehead atoms. The summed E-state index contributed by atoms with van der Waals surface area (Å²) in [6.45, 7) is 3.76. The van der Waals surface area contributed by atoms with Crippen LogP contribution in [0.25, 0.3) is 0 Å². The Morgan fingerprint density at radius 3 is 2.18 bits per heavy atom. The first kappa shape index (κ1) is 28.3. The summed E-state index contributed by atoms with van der Waals surface area (Å²) in [6, 6.07) is 3.27. The molecule has 1 aliphatic rings. The van der Waals surface area contributed by atoms with Crippen molar-refractivity contribution < 1.29 is 35.9 Å². The van der Waals surface area contributed by atoms with Crippen LogP contribution >= 0.6 is 11.8 Å². The summed E-state index contributed by atoms with van der Waals surface area (Å²) >= 11 is 1.12. The minimum atomic E-state index is -4.63. The molecule has 0 aromatic heterocycles. The van der Waals surface area contributed by atoms with E-state index in [9.17, 15) is 35.9 Å². The summed E-state index contributed by atoms with van der Waals surface area (Å²) in [7, 11) is 0. The monoisotopic (exact) mass is 513 g/mol. The lowest BCUT2D eigenvalue weighted by Gasteiger charge is -2.32. The molecule has 1 fully saturated rings. The fourth-order valence-corrected chi connectivity index (χ4v) is 3.93. The van der Waals surface area contributed by atoms with Gasteiger partial charge in [0.2, 0.25) is 5.91 Å². The predicted octanol–water partition coefficient (Wildman–Crippen LogP) is 4.57. The summed E-state index contributed by atoms with van der Waals surface area (Å²) in [5.74, 6) is -1.51. The molecule has 192 valence electrons. The number of benzene rings is 1. The largest absolute Gasteiger partial charge is 0.416 e. The number of hydrogen-bond acceptors (Lipinski definition) is 4. The van der Waals surface area contributed by atoms with Gasteiger partial charge in [-0.2, -0.15) is 26.3 Å². The molecule has 0 radical (unpaired) electrons. The van der Waals surface area contributed by atoms with Crippen LogP contribution in [0.1, 0.15) is 42.6 Å². The molecule has 1 heterocycles. The fraction of sp³-hybridized carbons (Fsp3) is 0.636. The maximum absolute atomic E-state index is 13.1. The Labute approximate surface area is 199 Å². The van der Waals surface area contributed by atoms with Gasteiger partial charge in [0, 0.05) is 30.1 Å². The van der Waals surface area contributed by atoms with Gasteiger partial charge < -0.3 is 15.5 Å². The minimum absolute atomic E-state index is 0.0471. The molecule has 12 heteroatoms. The average molecular weight is 514 g/mol. The first-order valence-electron chi connectivity index (χ1n) is 10.8. The molecule has 0 saturated carbocycles. The molecular formula is C22H29F6N3O2S. The van der Waals surface area contributed by atoms with Gasteiger partial charge in [-0.25, -0.2) is 0 Å². The van der Waals surface area contributed by atoms with Crippen LogP contribution < -0.4 is 10.6 Å². The average Bonchev–Trinajstić information content (AvgIpc) is 2.76. The van der Waals surface area contributed by atoms with Gasteiger partial charge in [-0.05, 0) is 70.2 Å². The Morgan fingerprint density at radius 1 is 1.03 bits per heavy atom. The number of hydrogen-bond donors (Lipinski definition) is 2. The standard InChI is InChI=1S/C22H29F6N3O2S/c1-20(2,22(26,27)28)19(33)29-6-9-31-7-4-14(5-8-31)13-30-18(32)15-10-16(21(23,24)25)12-17(11-15)34-3/h10-12,14H,4-9,13H2,1-3H3,(H,29,33)(H,30,32). The molecule has 5 nitrogen and oxygen atoms in total. The van der Waals surface area contributed by atoms with Crippen LogP contribution in [0.3, 0.4) is 0 Å². The minimum Gasteiger partial charge on any atom is -0.354 e. The second-order valence-corrected chi connectivity index (χ2v) is 9.70. The van der Waals surface area contributed by atoms with Crippen molar-refractivity contribution in [1.29, 1.82) is 0 Å². The van der Waals surface area contributed by atoms with Crippen LogP contribution in [0.5, 0.6) is 0 Å². The molecule has 1 aliphatic heterocycles. The third-order valence-electron chi connectivity index (χ3n) is 5.98. The Hall–Kier alpha value is -1.95. The van der Waals surface area contributed by atoms with Crippen molar-refractivity contribution in [2.75, 3.05) is 39.0 Å². The summed E-state index contributed by atoms with van der Waals surface area (Å²) in [5, 5.41) is 5.04. The number of thioether (sulfide) groups is 1. The quantitative estimate of drug-likeness (QED) is 0.395. The van der Waals surface area contributed by atoms with Crippen molar-refractivity contribution in [3.8, 4) is 0 Å². The number of amides is 2. The molecule has 0 unspecified atom stereocenters. The van der Waals surface area contributed by atoms with Gasteiger partial charge >= 0.3 is 12.4 Å². The van der Waals surface area contributed by atoms with Crippen LogP contribution in [-0.4, -0.2) is 61.9 Å². The molecule has 2 amide bonds. The number of halogens is 6. The second-order valence-electron chi connectivity index (χ2n) is 8.82. The van der Waals surface area contributed by atoms with Gasteiger partial charge in [-0.15, -0.1) is 11.8 Å². The SMILES string of the molecule is CSc1cc(C(=O)NCC2CCN(CCNC(=O)C(C)(C)C(F)(F)F)CC2)cc(C(F)(F)F)c1. The van der Waals surface area contributed by atoms with Gasteiger partial charge in [0.05, 0.1) is 5.56 Å². The highest BCUT2D eigenvalue weighted by molar-refractivity contribution is 7.98. The molecule has 2 N–H and O–H groups in total. The van der Waals surface area contributed by atoms with E-state index >= 15 is 0 Å². The summed E-state index contributed by atoms with van der Waals surface area (Å²) in [4.78, 5) is 26.6. The normalized spacial score (nSPS) is 16.4. The molecule has 0 aliphatic carbocycles. The Balaban J connectivity index is 1.78. The van der Waals surface area contributed by atoms with Crippen LogP contribution in [-0.2, 0) is 11.0 Å². The number of rotatable bonds is 8. The van der Waals surface area contributed by atoms with Crippen molar-refractivity contribution in [3.05, 3.63) is 29.3 Å². The van der Waals surface area contributed by atoms with E-state index in [4.69, 9.17) is 0 Å². The first-order valence-corrected chi connectivity index (χ1v) is 12.0. The van der Waals surface area contributed by atoms with E-state index in [1.165, 1.54) is 6.07 Å². The van der Waals surface area contributed by atoms with Crippen molar-refractivity contribution in [2.24, 2.45) is 11.3 Å². The maximum atomic E-state index is 13.1. The molecular weight excluding hydrogens is 484 g/mol. The van der Waals surface area contributed by atoms with E-state index in [0.717, 1.165) is 37.7 Å². The van der Waals surface area contributed by atoms with Gasteiger partial charge in [-0.1, -0.05) is 0 Å². The first-order chi connectivity index (χ1) is 15.6. The van der Waals surface area contributed by atoms with Crippen molar-refractivity contribution in [1.82, 2.24) is 15.5 Å². The smallest absolute Gasteiger partial charge is 0.354 e. The van der Waals surface area contributed by atoms with Crippen molar-refractivity contribution in [3.63, 3.8) is 0 Å². The van der Waals surface area contributed by atoms with Crippen LogP contribution in [0.2, 0.25) is 0 Å². The van der Waals surface area contributed by atoms with Crippen LogP contribution in [0.4, 0.5) is 26.3 Å². The lowest BCUT2D eigenvalue weighted by molar-refractivity contribution is -0.211. The van der Waals surface area contributed by atoms with E-state index in [0.29, 0.717) is 43.9 Å². The highest BCUT2D eigenvalue weighted by atomic mass is 32.2. The number of carbonyl (C=O) groups is 2. The molecule has 0 atom stereocenters. The fourth-order valence-electron chi connectivity index (χ4n) is 3.44. The molecule has 1 aromatic rings. The van der Waals surface area contributed by atoms with Gasteiger partial charge in [0.1, 0.15) is 5.41 Å². The number of alkyl halides is 6. The van der Waals surface area contributed by atoms with Gasteiger partial charge in [0.15, 0.2) is 0 Å². The second kappa shape index (κ2) is 11.2. The van der Waals surface area contributed by atoms with Gasteiger partial charge in [0.25, 0.3) is 5.91 Å². The lowest BCUT2D eigenvalue weighted by Crippen LogP contribution is -2.49. The third-order valence-corrected chi connectivity index (χ3v) is 6.69. The molecule has 0 spiro atoms. The van der Waals surface area contributed by atoms with Gasteiger partial charge in [-0.3, -0.25) is 9.59 Å². The summed E-state index contributed by atoms with van der Waals surface area (Å²) < 4.78 is 78.0. The molecule has 34 heavy (non-hydrogen) atoms. The number of likely N-dealkylation sites (tertiary alicyclic amines) is 1. The number of piperidine rings is 1. The zero-order valence-electron chi connectivity index (χ0n) is 19.2. The Kier molecular flexibility index (Phi) is 9.31. The van der Waals surface area contributed by atoms with Crippen LogP contribution in [0.15, 0.2) is 23.1 Å². The zero-order chi connectivity index (χ0) is 25.7. The van der Waals surface area contributed by atoms with E-state index in [1.807, 2.05) is 4.90 Å². The zero-order valence-corrected chi connectivity index (χ0v) is 20.0. The van der Waals surface area contributed by atoms with Crippen LogP contribution in [0, 0.1) is 11.3 Å².